The molecular formula is C28H24FN3O2S. The Morgan fingerprint density at radius 1 is 0.971 bits per heavy atom. The molecule has 2 aromatic rings. The van der Waals surface area contributed by atoms with Gasteiger partial charge in [0.15, 0.2) is 0 Å². The average molecular weight is 486 g/mol. The van der Waals surface area contributed by atoms with E-state index in [1.165, 1.54) is 23.9 Å². The summed E-state index contributed by atoms with van der Waals surface area (Å²) in [4.78, 5) is 37.4. The predicted molar refractivity (Wildman–Crippen MR) is 137 cm³/mol. The van der Waals surface area contributed by atoms with E-state index in [2.05, 4.69) is 9.80 Å². The Balaban J connectivity index is 1.17. The molecule has 1 fully saturated rings. The van der Waals surface area contributed by atoms with Crippen molar-refractivity contribution in [2.24, 2.45) is 10.9 Å². The normalized spacial score (nSPS) is 23.9. The summed E-state index contributed by atoms with van der Waals surface area (Å²) in [5.41, 5.74) is 3.94. The van der Waals surface area contributed by atoms with Crippen LogP contribution >= 0.6 is 11.8 Å². The number of thioether (sulfide) groups is 1. The maximum Gasteiger partial charge on any atom is 0.231 e. The zero-order chi connectivity index (χ0) is 23.9. The molecule has 7 heteroatoms. The lowest BCUT2D eigenvalue weighted by Gasteiger charge is -2.36. The largest absolute Gasteiger partial charge is 0.369 e. The van der Waals surface area contributed by atoms with E-state index in [0.29, 0.717) is 12.0 Å². The number of carbonyl (C=O) groups excluding carboxylic acids is 2. The molecule has 2 heterocycles. The van der Waals surface area contributed by atoms with E-state index >= 15 is 0 Å². The molecule has 2 aliphatic carbocycles. The van der Waals surface area contributed by atoms with E-state index in [9.17, 15) is 14.0 Å². The van der Waals surface area contributed by atoms with Crippen LogP contribution in [0.25, 0.3) is 0 Å². The summed E-state index contributed by atoms with van der Waals surface area (Å²) in [7, 11) is 0. The highest BCUT2D eigenvalue weighted by Gasteiger charge is 2.38. The Morgan fingerprint density at radius 2 is 1.74 bits per heavy atom. The third-order valence-electron chi connectivity index (χ3n) is 6.99. The number of benzene rings is 2. The molecular weight excluding hydrogens is 461 g/mol. The quantitative estimate of drug-likeness (QED) is 0.586. The van der Waals surface area contributed by atoms with Crippen molar-refractivity contribution in [3.05, 3.63) is 88.6 Å². The number of nitrogens with zero attached hydrogens (tertiary/aromatic N) is 3. The average Bonchev–Trinajstić information content (AvgIpc) is 2.86. The minimum atomic E-state index is -0.416. The van der Waals surface area contributed by atoms with Crippen LogP contribution in [-0.4, -0.2) is 54.9 Å². The van der Waals surface area contributed by atoms with Gasteiger partial charge in [0.1, 0.15) is 5.82 Å². The smallest absolute Gasteiger partial charge is 0.231 e. The molecule has 35 heavy (non-hydrogen) atoms. The van der Waals surface area contributed by atoms with Crippen molar-refractivity contribution in [3.8, 4) is 0 Å². The Morgan fingerprint density at radius 3 is 2.49 bits per heavy atom. The fourth-order valence-corrected chi connectivity index (χ4v) is 6.08. The van der Waals surface area contributed by atoms with Crippen LogP contribution in [0.1, 0.15) is 6.42 Å². The molecule has 1 atom stereocenters. The van der Waals surface area contributed by atoms with Gasteiger partial charge in [0, 0.05) is 58.7 Å². The second-order valence-electron chi connectivity index (χ2n) is 9.11. The van der Waals surface area contributed by atoms with Gasteiger partial charge in [-0.25, -0.2) is 9.38 Å². The second kappa shape index (κ2) is 9.06. The highest BCUT2D eigenvalue weighted by molar-refractivity contribution is 8.03. The number of hydrogen-bond donors (Lipinski definition) is 0. The first kappa shape index (κ1) is 22.2. The summed E-state index contributed by atoms with van der Waals surface area (Å²) in [6.45, 7) is 4.18. The number of fused-ring (bicyclic) bond motifs is 3. The van der Waals surface area contributed by atoms with Gasteiger partial charge < -0.3 is 4.90 Å². The number of para-hydroxylation sites is 1. The van der Waals surface area contributed by atoms with E-state index in [1.807, 2.05) is 54.6 Å². The fourth-order valence-electron chi connectivity index (χ4n) is 4.94. The van der Waals surface area contributed by atoms with Gasteiger partial charge in [0.2, 0.25) is 11.6 Å². The van der Waals surface area contributed by atoms with Crippen molar-refractivity contribution in [3.63, 3.8) is 0 Å². The summed E-state index contributed by atoms with van der Waals surface area (Å²) in [5.74, 6) is -1.36. The minimum Gasteiger partial charge on any atom is -0.369 e. The van der Waals surface area contributed by atoms with Crippen molar-refractivity contribution >= 4 is 40.4 Å². The first-order valence-electron chi connectivity index (χ1n) is 11.9. The van der Waals surface area contributed by atoms with Crippen molar-refractivity contribution in [2.45, 2.75) is 11.3 Å². The number of rotatable bonds is 4. The second-order valence-corrected chi connectivity index (χ2v) is 10.2. The summed E-state index contributed by atoms with van der Waals surface area (Å²) < 4.78 is 13.2. The molecule has 0 amide bonds. The van der Waals surface area contributed by atoms with Crippen LogP contribution in [0.3, 0.4) is 0 Å². The Hall–Kier alpha value is -3.29. The van der Waals surface area contributed by atoms with Gasteiger partial charge in [-0.3, -0.25) is 14.5 Å². The standard InChI is InChI=1S/C28H24FN3O2S/c29-19-5-7-20(8-6-19)32-15-13-31(14-16-32)12-11-18-17-25-26(28(34)27(18)33)21-9-10-22(21)30-23-3-1-2-4-24(23)35-25/h1-10,17-18H,11-16H2/b26-21+,30-22?. The lowest BCUT2D eigenvalue weighted by molar-refractivity contribution is -0.136. The number of aliphatic imine (C=N–C) groups is 1. The van der Waals surface area contributed by atoms with Gasteiger partial charge in [-0.2, -0.15) is 0 Å². The highest BCUT2D eigenvalue weighted by Crippen LogP contribution is 2.45. The molecule has 5 nitrogen and oxygen atoms in total. The van der Waals surface area contributed by atoms with Crippen LogP contribution in [0.2, 0.25) is 0 Å². The molecule has 2 aromatic carbocycles. The number of ketones is 2. The maximum atomic E-state index is 13.2. The first-order chi connectivity index (χ1) is 17.1. The number of Topliss-reactive ketones (excluding diaryl/α,β-unsaturated/α-hetero) is 2. The van der Waals surface area contributed by atoms with E-state index in [4.69, 9.17) is 4.99 Å². The van der Waals surface area contributed by atoms with Gasteiger partial charge in [-0.15, -0.1) is 0 Å². The molecule has 0 saturated carbocycles. The van der Waals surface area contributed by atoms with Gasteiger partial charge in [0.25, 0.3) is 0 Å². The SMILES string of the molecule is O=C1C(=O)C(CCN2CCN(c3ccc(F)cc3)CC2)C=C2Sc3ccccc3N=C3C=C/C3=C\12. The van der Waals surface area contributed by atoms with Gasteiger partial charge >= 0.3 is 0 Å². The molecule has 0 spiro atoms. The summed E-state index contributed by atoms with van der Waals surface area (Å²) in [6.07, 6.45) is 6.38. The van der Waals surface area contributed by atoms with E-state index in [-0.39, 0.29) is 11.6 Å². The van der Waals surface area contributed by atoms with Crippen molar-refractivity contribution in [2.75, 3.05) is 37.6 Å². The molecule has 0 bridgehead atoms. The lowest BCUT2D eigenvalue weighted by Crippen LogP contribution is -2.47. The molecule has 6 rings (SSSR count). The Labute approximate surface area is 207 Å². The van der Waals surface area contributed by atoms with Gasteiger partial charge in [0.05, 0.1) is 11.4 Å². The molecule has 0 N–H and O–H groups in total. The van der Waals surface area contributed by atoms with Crippen LogP contribution < -0.4 is 4.90 Å². The number of piperazine rings is 1. The van der Waals surface area contributed by atoms with Crippen LogP contribution in [0.15, 0.2) is 92.7 Å². The Bertz CT molecular complexity index is 1330. The third-order valence-corrected chi connectivity index (χ3v) is 8.11. The van der Waals surface area contributed by atoms with Crippen LogP contribution in [0.5, 0.6) is 0 Å². The summed E-state index contributed by atoms with van der Waals surface area (Å²) >= 11 is 1.53. The molecule has 176 valence electrons. The summed E-state index contributed by atoms with van der Waals surface area (Å²) in [5, 5.41) is 0. The number of anilines is 1. The molecule has 0 aromatic heterocycles. The predicted octanol–water partition coefficient (Wildman–Crippen LogP) is 4.73. The van der Waals surface area contributed by atoms with E-state index in [1.54, 1.807) is 0 Å². The van der Waals surface area contributed by atoms with Gasteiger partial charge in [-0.05, 0) is 61.5 Å². The molecule has 0 radical (unpaired) electrons. The van der Waals surface area contributed by atoms with Crippen molar-refractivity contribution in [1.29, 1.82) is 0 Å². The lowest BCUT2D eigenvalue weighted by atomic mass is 9.82. The van der Waals surface area contributed by atoms with E-state index in [0.717, 1.165) is 65.2 Å². The zero-order valence-corrected chi connectivity index (χ0v) is 19.9. The zero-order valence-electron chi connectivity index (χ0n) is 19.1. The number of halogens is 1. The van der Waals surface area contributed by atoms with Gasteiger partial charge in [-0.1, -0.05) is 30.0 Å². The van der Waals surface area contributed by atoms with Crippen molar-refractivity contribution in [1.82, 2.24) is 4.90 Å². The van der Waals surface area contributed by atoms with E-state index < -0.39 is 11.7 Å². The molecule has 1 saturated heterocycles. The number of hydrogen-bond acceptors (Lipinski definition) is 6. The van der Waals surface area contributed by atoms with Crippen LogP contribution in [0.4, 0.5) is 15.8 Å². The molecule has 4 aliphatic rings. The molecule has 2 aliphatic heterocycles. The first-order valence-corrected chi connectivity index (χ1v) is 12.7. The summed E-state index contributed by atoms with van der Waals surface area (Å²) in [6, 6.07) is 14.5. The van der Waals surface area contributed by atoms with Crippen LogP contribution in [0, 0.1) is 11.7 Å². The number of carbonyl (C=O) groups is 2. The maximum absolute atomic E-state index is 13.2. The topological polar surface area (TPSA) is 53.0 Å². The Kier molecular flexibility index (Phi) is 5.74. The van der Waals surface area contributed by atoms with Crippen molar-refractivity contribution < 1.29 is 14.0 Å². The van der Waals surface area contributed by atoms with Crippen LogP contribution in [-0.2, 0) is 9.59 Å². The molecule has 1 unspecified atom stereocenters. The minimum absolute atomic E-state index is 0.227. The highest BCUT2D eigenvalue weighted by atomic mass is 32.2. The number of allylic oxidation sites excluding steroid dienone is 5. The third kappa shape index (κ3) is 4.19. The fraction of sp³-hybridized carbons (Fsp3) is 0.250. The monoisotopic (exact) mass is 485 g/mol.